The largest absolute Gasteiger partial charge is 0.377 e. The standard InChI is InChI=1S/C12H20N2O/c1-8(4-6-13)14-10-9-5-7-15-11(9)12(10,2)3/h8-11,14H,4-5,7H2,1-3H3. The van der Waals surface area contributed by atoms with E-state index in [4.69, 9.17) is 10.00 Å². The number of hydrogen-bond donors (Lipinski definition) is 1. The molecule has 84 valence electrons. The van der Waals surface area contributed by atoms with Crippen LogP contribution in [0.1, 0.15) is 33.6 Å². The highest BCUT2D eigenvalue weighted by atomic mass is 16.5. The van der Waals surface area contributed by atoms with E-state index in [1.165, 1.54) is 6.42 Å². The number of ether oxygens (including phenoxy) is 1. The molecule has 0 aromatic heterocycles. The van der Waals surface area contributed by atoms with E-state index in [1.54, 1.807) is 0 Å². The van der Waals surface area contributed by atoms with E-state index in [-0.39, 0.29) is 5.41 Å². The van der Waals surface area contributed by atoms with Gasteiger partial charge in [0.05, 0.1) is 18.6 Å². The molecule has 0 radical (unpaired) electrons. The zero-order valence-electron chi connectivity index (χ0n) is 9.79. The van der Waals surface area contributed by atoms with Crippen molar-refractivity contribution in [2.75, 3.05) is 6.61 Å². The van der Waals surface area contributed by atoms with Crippen LogP contribution >= 0.6 is 0 Å². The fourth-order valence-corrected chi connectivity index (χ4v) is 3.16. The second-order valence-corrected chi connectivity index (χ2v) is 5.47. The third-order valence-electron chi connectivity index (χ3n) is 3.96. The number of hydrogen-bond acceptors (Lipinski definition) is 3. The van der Waals surface area contributed by atoms with Crippen LogP contribution in [-0.4, -0.2) is 24.8 Å². The van der Waals surface area contributed by atoms with Crippen LogP contribution in [0.2, 0.25) is 0 Å². The molecule has 1 saturated carbocycles. The summed E-state index contributed by atoms with van der Waals surface area (Å²) in [6.45, 7) is 7.51. The van der Waals surface area contributed by atoms with Crippen LogP contribution in [0.25, 0.3) is 0 Å². The second kappa shape index (κ2) is 3.77. The number of rotatable bonds is 3. The van der Waals surface area contributed by atoms with E-state index in [1.807, 2.05) is 0 Å². The van der Waals surface area contributed by atoms with Crippen LogP contribution < -0.4 is 5.32 Å². The summed E-state index contributed by atoms with van der Waals surface area (Å²) in [5.74, 6) is 0.668. The van der Waals surface area contributed by atoms with Gasteiger partial charge in [-0.25, -0.2) is 0 Å². The van der Waals surface area contributed by atoms with E-state index in [2.05, 4.69) is 32.2 Å². The maximum absolute atomic E-state index is 8.64. The van der Waals surface area contributed by atoms with Crippen molar-refractivity contribution < 1.29 is 4.74 Å². The average molecular weight is 208 g/mol. The number of nitrogens with zero attached hydrogens (tertiary/aromatic N) is 1. The Morgan fingerprint density at radius 2 is 2.33 bits per heavy atom. The number of nitrogens with one attached hydrogen (secondary N) is 1. The molecule has 0 spiro atoms. The molecule has 1 N–H and O–H groups in total. The quantitative estimate of drug-likeness (QED) is 0.767. The molecule has 1 aliphatic heterocycles. The fourth-order valence-electron chi connectivity index (χ4n) is 3.16. The summed E-state index contributed by atoms with van der Waals surface area (Å²) < 4.78 is 5.73. The van der Waals surface area contributed by atoms with Gasteiger partial charge in [-0.1, -0.05) is 13.8 Å². The van der Waals surface area contributed by atoms with Gasteiger partial charge in [0.1, 0.15) is 0 Å². The fraction of sp³-hybridized carbons (Fsp3) is 0.917. The molecule has 1 heterocycles. The van der Waals surface area contributed by atoms with Gasteiger partial charge in [0, 0.05) is 30.0 Å². The maximum Gasteiger partial charge on any atom is 0.0685 e. The molecular weight excluding hydrogens is 188 g/mol. The molecule has 3 heteroatoms. The summed E-state index contributed by atoms with van der Waals surface area (Å²) in [7, 11) is 0. The minimum absolute atomic E-state index is 0.227. The summed E-state index contributed by atoms with van der Waals surface area (Å²) in [6.07, 6.45) is 2.19. The molecule has 0 aromatic rings. The van der Waals surface area contributed by atoms with Crippen molar-refractivity contribution in [2.24, 2.45) is 11.3 Å². The van der Waals surface area contributed by atoms with E-state index in [0.29, 0.717) is 30.5 Å². The predicted molar refractivity (Wildman–Crippen MR) is 58.2 cm³/mol. The lowest BCUT2D eigenvalue weighted by atomic mass is 9.57. The second-order valence-electron chi connectivity index (χ2n) is 5.47. The first-order valence-electron chi connectivity index (χ1n) is 5.82. The van der Waals surface area contributed by atoms with Crippen LogP contribution in [0.5, 0.6) is 0 Å². The van der Waals surface area contributed by atoms with Crippen molar-refractivity contribution in [1.29, 1.82) is 5.26 Å². The lowest BCUT2D eigenvalue weighted by molar-refractivity contribution is -0.114. The van der Waals surface area contributed by atoms with Crippen molar-refractivity contribution in [3.63, 3.8) is 0 Å². The zero-order chi connectivity index (χ0) is 11.1. The molecule has 4 atom stereocenters. The molecular formula is C12H20N2O. The minimum atomic E-state index is 0.227. The van der Waals surface area contributed by atoms with Crippen LogP contribution in [0.3, 0.4) is 0 Å². The van der Waals surface area contributed by atoms with Crippen LogP contribution in [0, 0.1) is 22.7 Å². The molecule has 2 fully saturated rings. The Bertz CT molecular complexity index is 282. The lowest BCUT2D eigenvalue weighted by Gasteiger charge is -2.55. The maximum atomic E-state index is 8.64. The summed E-state index contributed by atoms with van der Waals surface area (Å²) in [5.41, 5.74) is 0.227. The first kappa shape index (κ1) is 10.9. The van der Waals surface area contributed by atoms with E-state index < -0.39 is 0 Å². The Labute approximate surface area is 91.8 Å². The minimum Gasteiger partial charge on any atom is -0.377 e. The van der Waals surface area contributed by atoms with E-state index in [0.717, 1.165) is 6.61 Å². The Hall–Kier alpha value is -0.590. The lowest BCUT2D eigenvalue weighted by Crippen LogP contribution is -2.67. The average Bonchev–Trinajstić information content (AvgIpc) is 2.61. The van der Waals surface area contributed by atoms with Gasteiger partial charge >= 0.3 is 0 Å². The van der Waals surface area contributed by atoms with Crippen LogP contribution in [-0.2, 0) is 4.74 Å². The monoisotopic (exact) mass is 208 g/mol. The van der Waals surface area contributed by atoms with Crippen molar-refractivity contribution in [3.8, 4) is 6.07 Å². The Kier molecular flexibility index (Phi) is 2.74. The molecule has 3 nitrogen and oxygen atoms in total. The van der Waals surface area contributed by atoms with Gasteiger partial charge in [0.25, 0.3) is 0 Å². The molecule has 0 amide bonds. The van der Waals surface area contributed by atoms with Crippen molar-refractivity contribution >= 4 is 0 Å². The van der Waals surface area contributed by atoms with Crippen molar-refractivity contribution in [2.45, 2.75) is 51.8 Å². The molecule has 1 aliphatic carbocycles. The summed E-state index contributed by atoms with van der Waals surface area (Å²) in [6, 6.07) is 3.03. The highest BCUT2D eigenvalue weighted by Gasteiger charge is 2.59. The van der Waals surface area contributed by atoms with E-state index >= 15 is 0 Å². The summed E-state index contributed by atoms with van der Waals surface area (Å²) in [5, 5.41) is 12.2. The van der Waals surface area contributed by atoms with Crippen molar-refractivity contribution in [1.82, 2.24) is 5.32 Å². The highest BCUT2D eigenvalue weighted by molar-refractivity contribution is 5.11. The normalized spacial score (nSPS) is 38.9. The van der Waals surface area contributed by atoms with Gasteiger partial charge in [-0.15, -0.1) is 0 Å². The van der Waals surface area contributed by atoms with Crippen LogP contribution in [0.4, 0.5) is 0 Å². The SMILES string of the molecule is CC(CC#N)NC1C2CCOC2C1(C)C. The molecule has 0 bridgehead atoms. The molecule has 15 heavy (non-hydrogen) atoms. The third kappa shape index (κ3) is 1.66. The van der Waals surface area contributed by atoms with Gasteiger partial charge in [-0.3, -0.25) is 0 Å². The van der Waals surface area contributed by atoms with Gasteiger partial charge in [0.2, 0.25) is 0 Å². The zero-order valence-corrected chi connectivity index (χ0v) is 9.79. The molecule has 4 unspecified atom stereocenters. The van der Waals surface area contributed by atoms with Gasteiger partial charge in [-0.2, -0.15) is 5.26 Å². The van der Waals surface area contributed by atoms with Crippen molar-refractivity contribution in [3.05, 3.63) is 0 Å². The smallest absolute Gasteiger partial charge is 0.0685 e. The molecule has 2 rings (SSSR count). The molecule has 1 saturated heterocycles. The Morgan fingerprint density at radius 3 is 3.00 bits per heavy atom. The van der Waals surface area contributed by atoms with Crippen LogP contribution in [0.15, 0.2) is 0 Å². The van der Waals surface area contributed by atoms with Gasteiger partial charge in [0.15, 0.2) is 0 Å². The number of nitriles is 1. The van der Waals surface area contributed by atoms with E-state index in [9.17, 15) is 0 Å². The Balaban J connectivity index is 1.95. The summed E-state index contributed by atoms with van der Waals surface area (Å²) >= 11 is 0. The van der Waals surface area contributed by atoms with Gasteiger partial charge < -0.3 is 10.1 Å². The molecule has 2 aliphatic rings. The number of fused-ring (bicyclic) bond motifs is 1. The van der Waals surface area contributed by atoms with Gasteiger partial charge in [-0.05, 0) is 13.3 Å². The highest BCUT2D eigenvalue weighted by Crippen LogP contribution is 2.52. The first-order valence-corrected chi connectivity index (χ1v) is 5.82. The third-order valence-corrected chi connectivity index (χ3v) is 3.96. The predicted octanol–water partition coefficient (Wildman–Crippen LogP) is 1.69. The first-order chi connectivity index (χ1) is 7.07. The molecule has 0 aromatic carbocycles. The Morgan fingerprint density at radius 1 is 1.60 bits per heavy atom. The topological polar surface area (TPSA) is 45.0 Å². The summed E-state index contributed by atoms with van der Waals surface area (Å²) in [4.78, 5) is 0.